The highest BCUT2D eigenvalue weighted by molar-refractivity contribution is 6.10. The van der Waals surface area contributed by atoms with Gasteiger partial charge in [-0.15, -0.1) is 0 Å². The van der Waals surface area contributed by atoms with E-state index in [0.29, 0.717) is 17.2 Å². The second-order valence-electron chi connectivity index (χ2n) is 13.8. The molecule has 0 unspecified atom stereocenters. The molecule has 0 bridgehead atoms. The van der Waals surface area contributed by atoms with Crippen molar-refractivity contribution in [2.45, 2.75) is 0 Å². The topological polar surface area (TPSA) is 80.3 Å². The summed E-state index contributed by atoms with van der Waals surface area (Å²) < 4.78 is 2.24. The molecule has 10 rings (SSSR count). The van der Waals surface area contributed by atoms with E-state index < -0.39 is 0 Å². The zero-order valence-electron chi connectivity index (χ0n) is 30.7. The number of benzene rings is 7. The van der Waals surface area contributed by atoms with Crippen molar-refractivity contribution >= 4 is 21.8 Å². The Bertz CT molecular complexity index is 3000. The van der Waals surface area contributed by atoms with Crippen molar-refractivity contribution in [3.8, 4) is 79.6 Å². The average Bonchev–Trinajstić information content (AvgIpc) is 3.63. The van der Waals surface area contributed by atoms with E-state index in [4.69, 9.17) is 19.9 Å². The molecule has 6 nitrogen and oxygen atoms in total. The molecule has 0 fully saturated rings. The average molecular weight is 729 g/mol. The summed E-state index contributed by atoms with van der Waals surface area (Å²) in [4.78, 5) is 20.8. The third-order valence-corrected chi connectivity index (χ3v) is 10.3. The van der Waals surface area contributed by atoms with Crippen LogP contribution in [0.4, 0.5) is 0 Å². The van der Waals surface area contributed by atoms with E-state index in [1.165, 1.54) is 0 Å². The van der Waals surface area contributed by atoms with Crippen LogP contribution in [0, 0.1) is 11.3 Å². The van der Waals surface area contributed by atoms with Gasteiger partial charge in [-0.1, -0.05) is 146 Å². The molecule has 0 saturated heterocycles. The van der Waals surface area contributed by atoms with Gasteiger partial charge in [0.05, 0.1) is 51.1 Å². The van der Waals surface area contributed by atoms with Crippen molar-refractivity contribution < 1.29 is 0 Å². The van der Waals surface area contributed by atoms with Gasteiger partial charge >= 0.3 is 0 Å². The zero-order valence-corrected chi connectivity index (χ0v) is 30.7. The molecule has 0 saturated carbocycles. The molecule has 6 heteroatoms. The van der Waals surface area contributed by atoms with Crippen LogP contribution in [0.15, 0.2) is 194 Å². The lowest BCUT2D eigenvalue weighted by molar-refractivity contribution is 1.14. The van der Waals surface area contributed by atoms with E-state index in [9.17, 15) is 5.26 Å². The Hall–Kier alpha value is -8.01. The van der Waals surface area contributed by atoms with Gasteiger partial charge in [-0.2, -0.15) is 5.26 Å². The third-order valence-electron chi connectivity index (χ3n) is 10.3. The van der Waals surface area contributed by atoms with Gasteiger partial charge < -0.3 is 4.57 Å². The van der Waals surface area contributed by atoms with Crippen molar-refractivity contribution in [1.82, 2.24) is 24.5 Å². The molecule has 3 heterocycles. The van der Waals surface area contributed by atoms with Gasteiger partial charge in [-0.3, -0.25) is 0 Å². The normalized spacial score (nSPS) is 11.1. The van der Waals surface area contributed by atoms with E-state index in [1.807, 2.05) is 103 Å². The summed E-state index contributed by atoms with van der Waals surface area (Å²) in [5, 5.41) is 12.2. The largest absolute Gasteiger partial charge is 0.309 e. The Morgan fingerprint density at radius 1 is 0.368 bits per heavy atom. The smallest absolute Gasteiger partial charge is 0.160 e. The predicted octanol–water partition coefficient (Wildman–Crippen LogP) is 12.2. The lowest BCUT2D eigenvalue weighted by Gasteiger charge is -2.17. The fourth-order valence-corrected chi connectivity index (χ4v) is 7.52. The molecule has 266 valence electrons. The highest BCUT2D eigenvalue weighted by atomic mass is 15.0. The Balaban J connectivity index is 1.28. The molecule has 7 aromatic carbocycles. The Morgan fingerprint density at radius 3 is 1.42 bits per heavy atom. The number of rotatable bonds is 7. The van der Waals surface area contributed by atoms with E-state index in [2.05, 4.69) is 102 Å². The van der Waals surface area contributed by atoms with E-state index in [0.717, 1.165) is 83.6 Å². The minimum absolute atomic E-state index is 0.587. The van der Waals surface area contributed by atoms with Crippen molar-refractivity contribution in [2.75, 3.05) is 0 Å². The van der Waals surface area contributed by atoms with Crippen molar-refractivity contribution in [3.63, 3.8) is 0 Å². The predicted molar refractivity (Wildman–Crippen MR) is 229 cm³/mol. The minimum atomic E-state index is 0.587. The number of para-hydroxylation sites is 1. The summed E-state index contributed by atoms with van der Waals surface area (Å²) in [7, 11) is 0. The Kier molecular flexibility index (Phi) is 8.44. The second-order valence-corrected chi connectivity index (χ2v) is 13.8. The van der Waals surface area contributed by atoms with Gasteiger partial charge in [0.25, 0.3) is 0 Å². The number of hydrogen-bond acceptors (Lipinski definition) is 5. The van der Waals surface area contributed by atoms with Crippen LogP contribution >= 0.6 is 0 Å². The fraction of sp³-hybridized carbons (Fsp3) is 0. The fourth-order valence-electron chi connectivity index (χ4n) is 7.52. The lowest BCUT2D eigenvalue weighted by atomic mass is 10.0. The first-order valence-electron chi connectivity index (χ1n) is 18.8. The number of fused-ring (bicyclic) bond motifs is 3. The first-order valence-corrected chi connectivity index (χ1v) is 18.8. The summed E-state index contributed by atoms with van der Waals surface area (Å²) in [6.07, 6.45) is 0. The molecule has 0 aliphatic carbocycles. The second kappa shape index (κ2) is 14.3. The molecule has 0 aliphatic heterocycles. The molecular weight excluding hydrogens is 697 g/mol. The van der Waals surface area contributed by atoms with Crippen LogP contribution in [-0.2, 0) is 0 Å². The Morgan fingerprint density at radius 2 is 0.842 bits per heavy atom. The maximum absolute atomic E-state index is 10.0. The standard InChI is InChI=1S/C51H32N6/c52-33-34-25-27-41-40-23-13-14-24-47(40)57(49(41)29-34)48-28-26-39(51-54-43(35-15-5-1-6-16-35)31-44(55-51)36-17-7-2-8-18-36)30-42(48)46-32-45(37-19-9-3-10-20-37)53-50(56-46)38-21-11-4-12-22-38/h1-32H. The van der Waals surface area contributed by atoms with Gasteiger partial charge in [-0.25, -0.2) is 19.9 Å². The van der Waals surface area contributed by atoms with Crippen LogP contribution in [0.1, 0.15) is 5.56 Å². The quantitative estimate of drug-likeness (QED) is 0.163. The first-order chi connectivity index (χ1) is 28.2. The van der Waals surface area contributed by atoms with Crippen LogP contribution in [0.25, 0.3) is 95.3 Å². The van der Waals surface area contributed by atoms with Crippen molar-refractivity contribution in [2.24, 2.45) is 0 Å². The van der Waals surface area contributed by atoms with Crippen molar-refractivity contribution in [3.05, 3.63) is 200 Å². The Labute approximate surface area is 329 Å². The number of aromatic nitrogens is 5. The summed E-state index contributed by atoms with van der Waals surface area (Å²) in [5.41, 5.74) is 12.2. The van der Waals surface area contributed by atoms with Crippen LogP contribution in [0.3, 0.4) is 0 Å². The molecular formula is C51H32N6. The highest BCUT2D eigenvalue weighted by Gasteiger charge is 2.21. The summed E-state index contributed by atoms with van der Waals surface area (Å²) >= 11 is 0. The molecule has 0 N–H and O–H groups in total. The molecule has 10 aromatic rings. The van der Waals surface area contributed by atoms with Crippen LogP contribution in [0.2, 0.25) is 0 Å². The zero-order chi connectivity index (χ0) is 38.1. The molecule has 0 aliphatic rings. The van der Waals surface area contributed by atoms with Crippen molar-refractivity contribution in [1.29, 1.82) is 5.26 Å². The summed E-state index contributed by atoms with van der Waals surface area (Å²) in [5.74, 6) is 1.21. The van der Waals surface area contributed by atoms with E-state index in [-0.39, 0.29) is 0 Å². The molecule has 57 heavy (non-hydrogen) atoms. The van der Waals surface area contributed by atoms with Gasteiger partial charge in [0.2, 0.25) is 0 Å². The van der Waals surface area contributed by atoms with Crippen LogP contribution in [0.5, 0.6) is 0 Å². The van der Waals surface area contributed by atoms with E-state index >= 15 is 0 Å². The lowest BCUT2D eigenvalue weighted by Crippen LogP contribution is -2.02. The van der Waals surface area contributed by atoms with Gasteiger partial charge in [0.1, 0.15) is 0 Å². The van der Waals surface area contributed by atoms with E-state index in [1.54, 1.807) is 0 Å². The number of hydrogen-bond donors (Lipinski definition) is 0. The number of nitriles is 1. The van der Waals surface area contributed by atoms with Crippen LogP contribution in [-0.4, -0.2) is 24.5 Å². The van der Waals surface area contributed by atoms with Gasteiger partial charge in [0, 0.05) is 44.2 Å². The first kappa shape index (κ1) is 33.6. The molecule has 0 amide bonds. The third kappa shape index (κ3) is 6.29. The maximum Gasteiger partial charge on any atom is 0.160 e. The monoisotopic (exact) mass is 728 g/mol. The van der Waals surface area contributed by atoms with Gasteiger partial charge in [0.15, 0.2) is 11.6 Å². The van der Waals surface area contributed by atoms with Gasteiger partial charge in [-0.05, 0) is 48.5 Å². The summed E-state index contributed by atoms with van der Waals surface area (Å²) in [6, 6.07) is 67.8. The molecule has 0 atom stereocenters. The summed E-state index contributed by atoms with van der Waals surface area (Å²) in [6.45, 7) is 0. The van der Waals surface area contributed by atoms with Crippen LogP contribution < -0.4 is 0 Å². The molecule has 0 spiro atoms. The highest BCUT2D eigenvalue weighted by Crippen LogP contribution is 2.39. The molecule has 3 aromatic heterocycles. The minimum Gasteiger partial charge on any atom is -0.309 e. The SMILES string of the molecule is N#Cc1ccc2c3ccccc3n(-c3ccc(-c4nc(-c5ccccc5)cc(-c5ccccc5)n4)cc3-c3cc(-c4ccccc4)nc(-c4ccccc4)n3)c2c1. The number of nitrogens with zero attached hydrogens (tertiary/aromatic N) is 6. The molecule has 0 radical (unpaired) electrons. The maximum atomic E-state index is 10.0.